The van der Waals surface area contributed by atoms with Crippen LogP contribution in [0.5, 0.6) is 23.1 Å². The van der Waals surface area contributed by atoms with Gasteiger partial charge in [0.05, 0.1) is 32.6 Å². The predicted octanol–water partition coefficient (Wildman–Crippen LogP) is 5.68. The van der Waals surface area contributed by atoms with Crippen LogP contribution in [0.1, 0.15) is 51.3 Å². The van der Waals surface area contributed by atoms with Crippen LogP contribution in [0.4, 0.5) is 5.69 Å². The lowest BCUT2D eigenvalue weighted by molar-refractivity contribution is -0.118. The van der Waals surface area contributed by atoms with Gasteiger partial charge in [-0.3, -0.25) is 9.69 Å². The first-order chi connectivity index (χ1) is 18.0. The number of para-hydroxylation sites is 1. The summed E-state index contributed by atoms with van der Waals surface area (Å²) in [5, 5.41) is 9.38. The van der Waals surface area contributed by atoms with Crippen LogP contribution in [-0.4, -0.2) is 48.2 Å². The van der Waals surface area contributed by atoms with Crippen molar-refractivity contribution in [3.05, 3.63) is 42.0 Å². The van der Waals surface area contributed by atoms with Crippen molar-refractivity contribution in [2.75, 3.05) is 32.0 Å². The average Bonchev–Trinajstić information content (AvgIpc) is 3.06. The van der Waals surface area contributed by atoms with Crippen molar-refractivity contribution in [2.45, 2.75) is 50.9 Å². The summed E-state index contributed by atoms with van der Waals surface area (Å²) in [6.45, 7) is 3.68. The molecule has 0 N–H and O–H groups in total. The van der Waals surface area contributed by atoms with Gasteiger partial charge < -0.3 is 18.9 Å². The van der Waals surface area contributed by atoms with E-state index < -0.39 is 6.23 Å². The number of carbonyl (C=O) groups excluding carboxylic acids is 1. The summed E-state index contributed by atoms with van der Waals surface area (Å²) < 4.78 is 23.2. The lowest BCUT2D eigenvalue weighted by Gasteiger charge is -2.31. The fourth-order valence-electron chi connectivity index (χ4n) is 4.25. The topological polar surface area (TPSA) is 95.9 Å². The number of ether oxygens (including phenoxy) is 4. The summed E-state index contributed by atoms with van der Waals surface area (Å²) in [7, 11) is 4.66. The standard InChI is InChI=1S/C27H32N4O5S/c1-6-7-8-11-14-37-27-28-25-24(29-30-27)18-12-9-10-13-20(18)31(17(2)32)26(36-25)19-15-22(34-4)23(35-5)16-21(19)33-3/h9-10,12-13,15-16,26H,6-8,11,14H2,1-5H3/t26-/m0/s1. The van der Waals surface area contributed by atoms with Crippen molar-refractivity contribution in [2.24, 2.45) is 0 Å². The molecule has 10 heteroatoms. The van der Waals surface area contributed by atoms with Gasteiger partial charge in [-0.05, 0) is 18.6 Å². The maximum absolute atomic E-state index is 13.1. The number of hydrogen-bond acceptors (Lipinski definition) is 9. The third-order valence-electron chi connectivity index (χ3n) is 6.08. The monoisotopic (exact) mass is 524 g/mol. The Kier molecular flexibility index (Phi) is 8.70. The van der Waals surface area contributed by atoms with Gasteiger partial charge in [-0.1, -0.05) is 56.1 Å². The zero-order valence-corrected chi connectivity index (χ0v) is 22.6. The number of amides is 1. The molecule has 1 aromatic heterocycles. The van der Waals surface area contributed by atoms with Crippen LogP contribution in [0.25, 0.3) is 11.3 Å². The van der Waals surface area contributed by atoms with Gasteiger partial charge in [0.1, 0.15) is 5.75 Å². The Bertz CT molecular complexity index is 1260. The number of fused-ring (bicyclic) bond motifs is 3. The van der Waals surface area contributed by atoms with E-state index in [1.165, 1.54) is 26.2 Å². The molecule has 1 atom stereocenters. The molecule has 0 unspecified atom stereocenters. The molecule has 4 rings (SSSR count). The number of aromatic nitrogens is 3. The molecule has 0 fully saturated rings. The van der Waals surface area contributed by atoms with E-state index in [1.54, 1.807) is 50.1 Å². The molecule has 2 aromatic carbocycles. The molecule has 37 heavy (non-hydrogen) atoms. The normalized spacial score (nSPS) is 14.2. The lowest BCUT2D eigenvalue weighted by atomic mass is 10.1. The zero-order valence-electron chi connectivity index (χ0n) is 21.8. The number of hydrogen-bond donors (Lipinski definition) is 0. The average molecular weight is 525 g/mol. The van der Waals surface area contributed by atoms with Gasteiger partial charge in [-0.15, -0.1) is 10.2 Å². The van der Waals surface area contributed by atoms with Crippen LogP contribution in [0.2, 0.25) is 0 Å². The molecule has 0 aliphatic carbocycles. The van der Waals surface area contributed by atoms with Gasteiger partial charge in [0.2, 0.25) is 23.2 Å². The summed E-state index contributed by atoms with van der Waals surface area (Å²) >= 11 is 1.55. The van der Waals surface area contributed by atoms with Crippen LogP contribution >= 0.6 is 11.8 Å². The minimum atomic E-state index is -0.909. The molecule has 3 aromatic rings. The Balaban J connectivity index is 1.83. The molecular formula is C27H32N4O5S. The number of methoxy groups -OCH3 is 3. The Hall–Kier alpha value is -3.53. The molecule has 0 radical (unpaired) electrons. The highest BCUT2D eigenvalue weighted by Gasteiger charge is 2.36. The van der Waals surface area contributed by atoms with E-state index >= 15 is 0 Å². The van der Waals surface area contributed by atoms with Crippen molar-refractivity contribution >= 4 is 23.4 Å². The van der Waals surface area contributed by atoms with E-state index in [1.807, 2.05) is 24.3 Å². The van der Waals surface area contributed by atoms with Gasteiger partial charge in [0, 0.05) is 24.3 Å². The molecular weight excluding hydrogens is 492 g/mol. The predicted molar refractivity (Wildman–Crippen MR) is 143 cm³/mol. The number of unbranched alkanes of at least 4 members (excludes halogenated alkanes) is 3. The number of nitrogens with zero attached hydrogens (tertiary/aromatic N) is 4. The molecule has 196 valence electrons. The summed E-state index contributed by atoms with van der Waals surface area (Å²) in [5.41, 5.74) is 2.38. The summed E-state index contributed by atoms with van der Waals surface area (Å²) in [5.74, 6) is 2.42. The molecule has 0 bridgehead atoms. The van der Waals surface area contributed by atoms with Gasteiger partial charge in [0.25, 0.3) is 0 Å². The minimum Gasteiger partial charge on any atom is -0.496 e. The van der Waals surface area contributed by atoms with E-state index in [0.29, 0.717) is 50.8 Å². The third kappa shape index (κ3) is 5.58. The lowest BCUT2D eigenvalue weighted by Crippen LogP contribution is -2.36. The van der Waals surface area contributed by atoms with Crippen molar-refractivity contribution in [3.8, 4) is 34.4 Å². The molecule has 2 heterocycles. The fraction of sp³-hybridized carbons (Fsp3) is 0.407. The number of thioether (sulfide) groups is 1. The molecule has 9 nitrogen and oxygen atoms in total. The van der Waals surface area contributed by atoms with Gasteiger partial charge >= 0.3 is 0 Å². The number of rotatable bonds is 10. The van der Waals surface area contributed by atoms with Crippen molar-refractivity contribution in [3.63, 3.8) is 0 Å². The second-order valence-electron chi connectivity index (χ2n) is 8.48. The van der Waals surface area contributed by atoms with Crippen LogP contribution in [0, 0.1) is 0 Å². The summed E-state index contributed by atoms with van der Waals surface area (Å²) in [4.78, 5) is 19.4. The van der Waals surface area contributed by atoms with Gasteiger partial charge in [0.15, 0.2) is 17.2 Å². The maximum Gasteiger partial charge on any atom is 0.247 e. The Morgan fingerprint density at radius 3 is 2.43 bits per heavy atom. The van der Waals surface area contributed by atoms with Crippen LogP contribution in [0.15, 0.2) is 41.6 Å². The van der Waals surface area contributed by atoms with Crippen molar-refractivity contribution in [1.29, 1.82) is 0 Å². The van der Waals surface area contributed by atoms with E-state index in [-0.39, 0.29) is 5.91 Å². The van der Waals surface area contributed by atoms with Crippen LogP contribution < -0.4 is 23.8 Å². The van der Waals surface area contributed by atoms with Crippen molar-refractivity contribution < 1.29 is 23.7 Å². The second-order valence-corrected chi connectivity index (χ2v) is 9.54. The highest BCUT2D eigenvalue weighted by atomic mass is 32.2. The third-order valence-corrected chi connectivity index (χ3v) is 7.01. The fourth-order valence-corrected chi connectivity index (χ4v) is 5.03. The summed E-state index contributed by atoms with van der Waals surface area (Å²) in [6, 6.07) is 11.0. The molecule has 1 aliphatic rings. The van der Waals surface area contributed by atoms with E-state index in [2.05, 4.69) is 17.1 Å². The minimum absolute atomic E-state index is 0.222. The number of anilines is 1. The highest BCUT2D eigenvalue weighted by Crippen LogP contribution is 2.47. The number of carbonyl (C=O) groups is 1. The quantitative estimate of drug-likeness (QED) is 0.245. The van der Waals surface area contributed by atoms with E-state index in [4.69, 9.17) is 23.9 Å². The largest absolute Gasteiger partial charge is 0.496 e. The molecule has 1 amide bonds. The Morgan fingerprint density at radius 2 is 1.73 bits per heavy atom. The van der Waals surface area contributed by atoms with E-state index in [9.17, 15) is 4.79 Å². The molecule has 0 spiro atoms. The van der Waals surface area contributed by atoms with Crippen LogP contribution in [0.3, 0.4) is 0 Å². The maximum atomic E-state index is 13.1. The zero-order chi connectivity index (χ0) is 26.4. The first-order valence-electron chi connectivity index (χ1n) is 12.3. The van der Waals surface area contributed by atoms with Crippen LogP contribution in [-0.2, 0) is 4.79 Å². The van der Waals surface area contributed by atoms with Crippen molar-refractivity contribution in [1.82, 2.24) is 15.2 Å². The highest BCUT2D eigenvalue weighted by molar-refractivity contribution is 7.99. The van der Waals surface area contributed by atoms with E-state index in [0.717, 1.165) is 12.2 Å². The Morgan fingerprint density at radius 1 is 1.00 bits per heavy atom. The first-order valence-corrected chi connectivity index (χ1v) is 13.2. The first kappa shape index (κ1) is 26.5. The molecule has 1 aliphatic heterocycles. The Labute approximate surface area is 221 Å². The van der Waals surface area contributed by atoms with Gasteiger partial charge in [-0.2, -0.15) is 4.98 Å². The summed E-state index contributed by atoms with van der Waals surface area (Å²) in [6.07, 6.45) is 3.73. The van der Waals surface area contributed by atoms with Gasteiger partial charge in [-0.25, -0.2) is 0 Å². The smallest absolute Gasteiger partial charge is 0.247 e. The molecule has 0 saturated carbocycles. The number of benzene rings is 2. The SMILES string of the molecule is CCCCCCSc1nnc2c(n1)O[C@@H](c1cc(OC)c(OC)cc1OC)N(C(C)=O)c1ccccc1-2. The second kappa shape index (κ2) is 12.1. The molecule has 0 saturated heterocycles.